The Bertz CT molecular complexity index is 471. The van der Waals surface area contributed by atoms with Crippen molar-refractivity contribution in [2.24, 2.45) is 0 Å². The third-order valence-corrected chi connectivity index (χ3v) is 5.26. The second-order valence-corrected chi connectivity index (χ2v) is 8.38. The predicted octanol–water partition coefficient (Wildman–Crippen LogP) is 7.11. The summed E-state index contributed by atoms with van der Waals surface area (Å²) in [5.74, 6) is 0.479. The second kappa shape index (κ2) is 8.76. The molecule has 0 heterocycles. The highest BCUT2D eigenvalue weighted by molar-refractivity contribution is 5.47. The molecule has 1 nitrogen and oxygen atoms in total. The first-order valence-electron chi connectivity index (χ1n) is 9.59. The van der Waals surface area contributed by atoms with Crippen LogP contribution in [0.5, 0.6) is 5.75 Å². The molecule has 23 heavy (non-hydrogen) atoms. The van der Waals surface area contributed by atoms with Gasteiger partial charge in [-0.25, -0.2) is 0 Å². The molecule has 0 radical (unpaired) electrons. The number of phenolic OH excluding ortho intramolecular Hbond substituents is 1. The largest absolute Gasteiger partial charge is 0.508 e. The minimum absolute atomic E-state index is 0.0257. The fraction of sp³-hybridized carbons (Fsp3) is 0.727. The number of aromatic hydroxyl groups is 1. The van der Waals surface area contributed by atoms with Gasteiger partial charge in [0, 0.05) is 5.56 Å². The van der Waals surface area contributed by atoms with Gasteiger partial charge in [-0.3, -0.25) is 0 Å². The molecular formula is C22H38O. The van der Waals surface area contributed by atoms with E-state index in [0.717, 1.165) is 6.42 Å². The predicted molar refractivity (Wildman–Crippen MR) is 102 cm³/mol. The Morgan fingerprint density at radius 1 is 0.783 bits per heavy atom. The molecule has 1 rings (SSSR count). The van der Waals surface area contributed by atoms with Gasteiger partial charge in [0.2, 0.25) is 0 Å². The highest BCUT2D eigenvalue weighted by Gasteiger charge is 2.32. The van der Waals surface area contributed by atoms with Crippen molar-refractivity contribution in [3.8, 4) is 5.75 Å². The molecule has 1 aromatic rings. The first-order chi connectivity index (χ1) is 10.8. The molecule has 0 saturated carbocycles. The van der Waals surface area contributed by atoms with Crippen molar-refractivity contribution >= 4 is 0 Å². The van der Waals surface area contributed by atoms with E-state index in [9.17, 15) is 5.11 Å². The maximum Gasteiger partial charge on any atom is 0.119 e. The molecule has 0 spiro atoms. The smallest absolute Gasteiger partial charge is 0.119 e. The van der Waals surface area contributed by atoms with Crippen molar-refractivity contribution in [3.63, 3.8) is 0 Å². The molecule has 1 heteroatoms. The lowest BCUT2D eigenvalue weighted by Crippen LogP contribution is -2.26. The summed E-state index contributed by atoms with van der Waals surface area (Å²) >= 11 is 0. The molecule has 0 aromatic heterocycles. The molecule has 1 aromatic carbocycles. The highest BCUT2D eigenvalue weighted by Crippen LogP contribution is 2.43. The fourth-order valence-electron chi connectivity index (χ4n) is 3.71. The summed E-state index contributed by atoms with van der Waals surface area (Å²) < 4.78 is 0. The molecule has 0 atom stereocenters. The molecule has 0 aliphatic heterocycles. The van der Waals surface area contributed by atoms with E-state index in [1.807, 2.05) is 12.1 Å². The maximum atomic E-state index is 10.6. The number of hydrogen-bond donors (Lipinski definition) is 1. The Kier molecular flexibility index (Phi) is 7.64. The summed E-state index contributed by atoms with van der Waals surface area (Å²) in [7, 11) is 0. The summed E-state index contributed by atoms with van der Waals surface area (Å²) in [4.78, 5) is 0. The van der Waals surface area contributed by atoms with Gasteiger partial charge in [0.05, 0.1) is 0 Å². The van der Waals surface area contributed by atoms with Gasteiger partial charge in [-0.2, -0.15) is 0 Å². The van der Waals surface area contributed by atoms with Crippen molar-refractivity contribution in [1.29, 1.82) is 0 Å². The van der Waals surface area contributed by atoms with Crippen LogP contribution in [0.1, 0.15) is 104 Å². The lowest BCUT2D eigenvalue weighted by molar-refractivity contribution is 0.383. The molecule has 0 saturated heterocycles. The van der Waals surface area contributed by atoms with Crippen molar-refractivity contribution in [3.05, 3.63) is 29.3 Å². The Hall–Kier alpha value is -0.980. The summed E-state index contributed by atoms with van der Waals surface area (Å²) in [5.41, 5.74) is 2.66. The van der Waals surface area contributed by atoms with Crippen LogP contribution in [0.2, 0.25) is 0 Å². The van der Waals surface area contributed by atoms with E-state index in [2.05, 4.69) is 47.6 Å². The average Bonchev–Trinajstić information content (AvgIpc) is 2.47. The van der Waals surface area contributed by atoms with E-state index in [1.165, 1.54) is 56.1 Å². The lowest BCUT2D eigenvalue weighted by Gasteiger charge is -2.35. The molecule has 0 amide bonds. The zero-order chi connectivity index (χ0) is 17.5. The summed E-state index contributed by atoms with van der Waals surface area (Å²) in [6.45, 7) is 13.8. The van der Waals surface area contributed by atoms with Crippen LogP contribution in [0.3, 0.4) is 0 Å². The number of unbranched alkanes of at least 4 members (excludes halogenated alkanes) is 4. The molecule has 1 N–H and O–H groups in total. The minimum atomic E-state index is 0.0257. The topological polar surface area (TPSA) is 20.2 Å². The van der Waals surface area contributed by atoms with Crippen molar-refractivity contribution in [2.45, 2.75) is 104 Å². The summed E-state index contributed by atoms with van der Waals surface area (Å²) in [5, 5.41) is 10.6. The van der Waals surface area contributed by atoms with Crippen LogP contribution in [0.15, 0.2) is 18.2 Å². The van der Waals surface area contributed by atoms with Crippen LogP contribution in [-0.2, 0) is 10.8 Å². The van der Waals surface area contributed by atoms with Crippen LogP contribution in [0, 0.1) is 0 Å². The van der Waals surface area contributed by atoms with Crippen LogP contribution in [0.4, 0.5) is 0 Å². The van der Waals surface area contributed by atoms with Gasteiger partial charge in [-0.15, -0.1) is 0 Å². The van der Waals surface area contributed by atoms with Crippen molar-refractivity contribution < 1.29 is 5.11 Å². The fourth-order valence-corrected chi connectivity index (χ4v) is 3.71. The van der Waals surface area contributed by atoms with Gasteiger partial charge in [0.1, 0.15) is 5.75 Å². The minimum Gasteiger partial charge on any atom is -0.508 e. The van der Waals surface area contributed by atoms with E-state index < -0.39 is 0 Å². The van der Waals surface area contributed by atoms with E-state index in [4.69, 9.17) is 0 Å². The summed E-state index contributed by atoms with van der Waals surface area (Å²) in [6.07, 6.45) is 9.86. The quantitative estimate of drug-likeness (QED) is 0.456. The Morgan fingerprint density at radius 2 is 1.30 bits per heavy atom. The normalized spacial score (nSPS) is 12.6. The van der Waals surface area contributed by atoms with Crippen LogP contribution >= 0.6 is 0 Å². The SMILES string of the molecule is CCCCCC(C)(C)c1cccc(O)c1C(C)(C)CCCCC. The molecule has 0 bridgehead atoms. The van der Waals surface area contributed by atoms with E-state index in [-0.39, 0.29) is 10.8 Å². The van der Waals surface area contributed by atoms with Gasteiger partial charge >= 0.3 is 0 Å². The second-order valence-electron chi connectivity index (χ2n) is 8.38. The van der Waals surface area contributed by atoms with E-state index in [1.54, 1.807) is 0 Å². The zero-order valence-electron chi connectivity index (χ0n) is 16.3. The first-order valence-corrected chi connectivity index (χ1v) is 9.59. The third kappa shape index (κ3) is 5.55. The van der Waals surface area contributed by atoms with Crippen LogP contribution < -0.4 is 0 Å². The van der Waals surface area contributed by atoms with Crippen LogP contribution in [0.25, 0.3) is 0 Å². The number of benzene rings is 1. The molecule has 132 valence electrons. The van der Waals surface area contributed by atoms with Gasteiger partial charge in [0.15, 0.2) is 0 Å². The Morgan fingerprint density at radius 3 is 1.83 bits per heavy atom. The lowest BCUT2D eigenvalue weighted by atomic mass is 9.69. The van der Waals surface area contributed by atoms with Gasteiger partial charge in [-0.1, -0.05) is 92.2 Å². The maximum absolute atomic E-state index is 10.6. The number of hydrogen-bond acceptors (Lipinski definition) is 1. The Labute approximate surface area is 144 Å². The average molecular weight is 319 g/mol. The molecule has 0 aliphatic carbocycles. The van der Waals surface area contributed by atoms with Crippen molar-refractivity contribution in [2.75, 3.05) is 0 Å². The zero-order valence-corrected chi connectivity index (χ0v) is 16.3. The molecular weight excluding hydrogens is 280 g/mol. The number of phenols is 1. The van der Waals surface area contributed by atoms with Crippen molar-refractivity contribution in [1.82, 2.24) is 0 Å². The first kappa shape index (κ1) is 20.1. The molecule has 0 unspecified atom stereocenters. The standard InChI is InChI=1S/C22H38O/c1-7-9-11-16-21(3,4)18-14-13-15-19(23)20(18)22(5,6)17-12-10-8-2/h13-15,23H,7-12,16-17H2,1-6H3. The molecule has 0 fully saturated rings. The van der Waals surface area contributed by atoms with Gasteiger partial charge < -0.3 is 5.11 Å². The third-order valence-electron chi connectivity index (χ3n) is 5.26. The summed E-state index contributed by atoms with van der Waals surface area (Å²) in [6, 6.07) is 6.11. The molecule has 0 aliphatic rings. The number of rotatable bonds is 10. The Balaban J connectivity index is 3.12. The monoisotopic (exact) mass is 318 g/mol. The van der Waals surface area contributed by atoms with E-state index >= 15 is 0 Å². The van der Waals surface area contributed by atoms with E-state index in [0.29, 0.717) is 5.75 Å². The van der Waals surface area contributed by atoms with Crippen LogP contribution in [-0.4, -0.2) is 5.11 Å². The highest BCUT2D eigenvalue weighted by atomic mass is 16.3. The van der Waals surface area contributed by atoms with Gasteiger partial charge in [-0.05, 0) is 35.3 Å². The van der Waals surface area contributed by atoms with Gasteiger partial charge in [0.25, 0.3) is 0 Å².